The highest BCUT2D eigenvalue weighted by molar-refractivity contribution is 5.26. The highest BCUT2D eigenvalue weighted by Crippen LogP contribution is 2.41. The number of alkyl halides is 3. The van der Waals surface area contributed by atoms with Gasteiger partial charge in [0.05, 0.1) is 5.56 Å². The van der Waals surface area contributed by atoms with Crippen LogP contribution in [-0.2, 0) is 12.6 Å². The Bertz CT molecular complexity index is 428. The molecule has 1 N–H and O–H groups in total. The Hall–Kier alpha value is -1.03. The molecule has 3 unspecified atom stereocenters. The van der Waals surface area contributed by atoms with E-state index in [1.165, 1.54) is 18.6 Å². The summed E-state index contributed by atoms with van der Waals surface area (Å²) in [6.07, 6.45) is -2.40. The number of hydrogen-bond donors (Lipinski definition) is 1. The first kappa shape index (κ1) is 14.4. The van der Waals surface area contributed by atoms with E-state index in [1.54, 1.807) is 6.07 Å². The van der Waals surface area contributed by atoms with E-state index in [1.807, 2.05) is 6.92 Å². The number of halogens is 3. The van der Waals surface area contributed by atoms with Gasteiger partial charge >= 0.3 is 6.18 Å². The molecule has 1 aliphatic rings. The van der Waals surface area contributed by atoms with Crippen LogP contribution in [0, 0.1) is 11.8 Å². The largest absolute Gasteiger partial charge is 0.416 e. The summed E-state index contributed by atoms with van der Waals surface area (Å²) in [5.41, 5.74) is 0.212. The minimum atomic E-state index is -4.25. The number of hydrogen-bond acceptors (Lipinski definition) is 1. The second-order valence-corrected chi connectivity index (χ2v) is 5.44. The van der Waals surface area contributed by atoms with Gasteiger partial charge in [0, 0.05) is 6.04 Å². The highest BCUT2D eigenvalue weighted by atomic mass is 19.4. The minimum absolute atomic E-state index is 0.295. The number of nitrogens with one attached hydrogen (secondary N) is 1. The Morgan fingerprint density at radius 1 is 1.37 bits per heavy atom. The molecule has 0 amide bonds. The van der Waals surface area contributed by atoms with Crippen molar-refractivity contribution in [1.29, 1.82) is 0 Å². The van der Waals surface area contributed by atoms with Gasteiger partial charge in [0.2, 0.25) is 0 Å². The minimum Gasteiger partial charge on any atom is -0.314 e. The van der Waals surface area contributed by atoms with Crippen LogP contribution >= 0.6 is 0 Å². The molecule has 1 aromatic carbocycles. The van der Waals surface area contributed by atoms with Crippen molar-refractivity contribution < 1.29 is 13.2 Å². The normalized spacial score (nSPS) is 24.3. The molecule has 1 saturated carbocycles. The van der Waals surface area contributed by atoms with Crippen molar-refractivity contribution in [2.24, 2.45) is 11.8 Å². The Balaban J connectivity index is 2.08. The highest BCUT2D eigenvalue weighted by Gasteiger charge is 2.39. The molecular formula is C15H20F3N. The van der Waals surface area contributed by atoms with Crippen LogP contribution in [0.2, 0.25) is 0 Å². The van der Waals surface area contributed by atoms with E-state index in [2.05, 4.69) is 12.2 Å². The van der Waals surface area contributed by atoms with E-state index < -0.39 is 11.7 Å². The predicted octanol–water partition coefficient (Wildman–Crippen LogP) is 3.88. The molecule has 1 fully saturated rings. The number of likely N-dealkylation sites (N-methyl/N-ethyl adjacent to an activating group) is 1. The number of benzene rings is 1. The van der Waals surface area contributed by atoms with Crippen molar-refractivity contribution in [3.8, 4) is 0 Å². The van der Waals surface area contributed by atoms with Crippen LogP contribution in [0.4, 0.5) is 13.2 Å². The van der Waals surface area contributed by atoms with Gasteiger partial charge < -0.3 is 5.32 Å². The van der Waals surface area contributed by atoms with Crippen molar-refractivity contribution in [3.63, 3.8) is 0 Å². The van der Waals surface area contributed by atoms with E-state index in [4.69, 9.17) is 0 Å². The van der Waals surface area contributed by atoms with E-state index >= 15 is 0 Å². The van der Waals surface area contributed by atoms with Crippen LogP contribution in [0.15, 0.2) is 24.3 Å². The lowest BCUT2D eigenvalue weighted by Crippen LogP contribution is -2.33. The molecule has 19 heavy (non-hydrogen) atoms. The molecule has 0 heterocycles. The second kappa shape index (κ2) is 5.53. The van der Waals surface area contributed by atoms with Crippen LogP contribution in [0.25, 0.3) is 0 Å². The van der Waals surface area contributed by atoms with Crippen molar-refractivity contribution in [1.82, 2.24) is 5.32 Å². The summed E-state index contributed by atoms with van der Waals surface area (Å²) in [6.45, 7) is 5.08. The standard InChI is InChI=1S/C15H20F3N/c1-3-19-14(13-7-10(13)2)9-11-5-4-6-12(8-11)15(16,17)18/h4-6,8,10,13-14,19H,3,7,9H2,1-2H3. The van der Waals surface area contributed by atoms with Crippen LogP contribution in [0.3, 0.4) is 0 Å². The fourth-order valence-corrected chi connectivity index (χ4v) is 2.68. The maximum atomic E-state index is 12.7. The van der Waals surface area contributed by atoms with Crippen molar-refractivity contribution >= 4 is 0 Å². The lowest BCUT2D eigenvalue weighted by atomic mass is 9.99. The van der Waals surface area contributed by atoms with E-state index in [0.29, 0.717) is 24.3 Å². The summed E-state index contributed by atoms with van der Waals surface area (Å²) < 4.78 is 38.0. The van der Waals surface area contributed by atoms with Gasteiger partial charge in [-0.2, -0.15) is 13.2 Å². The molecule has 1 aromatic rings. The second-order valence-electron chi connectivity index (χ2n) is 5.44. The molecule has 106 valence electrons. The smallest absolute Gasteiger partial charge is 0.314 e. The molecule has 0 radical (unpaired) electrons. The Morgan fingerprint density at radius 3 is 2.58 bits per heavy atom. The molecule has 0 spiro atoms. The zero-order valence-electron chi connectivity index (χ0n) is 11.3. The van der Waals surface area contributed by atoms with Crippen LogP contribution in [0.1, 0.15) is 31.4 Å². The van der Waals surface area contributed by atoms with Crippen LogP contribution < -0.4 is 5.32 Å². The first-order valence-corrected chi connectivity index (χ1v) is 6.81. The van der Waals surface area contributed by atoms with Crippen LogP contribution in [0.5, 0.6) is 0 Å². The summed E-state index contributed by atoms with van der Waals surface area (Å²) in [7, 11) is 0. The summed E-state index contributed by atoms with van der Waals surface area (Å²) in [6, 6.07) is 5.98. The predicted molar refractivity (Wildman–Crippen MR) is 69.9 cm³/mol. The molecule has 0 aromatic heterocycles. The van der Waals surface area contributed by atoms with Gasteiger partial charge in [-0.3, -0.25) is 0 Å². The molecule has 0 saturated heterocycles. The van der Waals surface area contributed by atoms with Gasteiger partial charge in [-0.05, 0) is 42.9 Å². The fourth-order valence-electron chi connectivity index (χ4n) is 2.68. The molecule has 1 nitrogen and oxygen atoms in total. The molecule has 3 atom stereocenters. The maximum Gasteiger partial charge on any atom is 0.416 e. The van der Waals surface area contributed by atoms with Gasteiger partial charge in [0.1, 0.15) is 0 Å². The molecule has 0 aliphatic heterocycles. The Morgan fingerprint density at radius 2 is 2.05 bits per heavy atom. The van der Waals surface area contributed by atoms with Crippen LogP contribution in [-0.4, -0.2) is 12.6 Å². The summed E-state index contributed by atoms with van der Waals surface area (Å²) in [5, 5.41) is 3.40. The third-order valence-corrected chi connectivity index (χ3v) is 3.86. The third kappa shape index (κ3) is 3.72. The average Bonchev–Trinajstić information content (AvgIpc) is 3.05. The summed E-state index contributed by atoms with van der Waals surface area (Å²) >= 11 is 0. The van der Waals surface area contributed by atoms with Crippen molar-refractivity contribution in [2.45, 2.75) is 38.9 Å². The van der Waals surface area contributed by atoms with Gasteiger partial charge in [0.15, 0.2) is 0 Å². The SMILES string of the molecule is CCNC(Cc1cccc(C(F)(F)F)c1)C1CC1C. The Labute approximate surface area is 112 Å². The lowest BCUT2D eigenvalue weighted by molar-refractivity contribution is -0.137. The summed E-state index contributed by atoms with van der Waals surface area (Å²) in [5.74, 6) is 1.30. The molecule has 0 bridgehead atoms. The first-order valence-electron chi connectivity index (χ1n) is 6.81. The molecule has 1 aliphatic carbocycles. The van der Waals surface area contributed by atoms with Gasteiger partial charge in [-0.1, -0.05) is 32.0 Å². The third-order valence-electron chi connectivity index (χ3n) is 3.86. The molecule has 2 rings (SSSR count). The zero-order chi connectivity index (χ0) is 14.0. The lowest BCUT2D eigenvalue weighted by Gasteiger charge is -2.18. The van der Waals surface area contributed by atoms with E-state index in [0.717, 1.165) is 18.2 Å². The van der Waals surface area contributed by atoms with E-state index in [-0.39, 0.29) is 0 Å². The monoisotopic (exact) mass is 271 g/mol. The van der Waals surface area contributed by atoms with Crippen molar-refractivity contribution in [2.75, 3.05) is 6.54 Å². The fraction of sp³-hybridized carbons (Fsp3) is 0.600. The topological polar surface area (TPSA) is 12.0 Å². The van der Waals surface area contributed by atoms with Crippen molar-refractivity contribution in [3.05, 3.63) is 35.4 Å². The summed E-state index contributed by atoms with van der Waals surface area (Å²) in [4.78, 5) is 0. The molecule has 4 heteroatoms. The first-order chi connectivity index (χ1) is 8.91. The molecular weight excluding hydrogens is 251 g/mol. The van der Waals surface area contributed by atoms with E-state index in [9.17, 15) is 13.2 Å². The Kier molecular flexibility index (Phi) is 4.19. The maximum absolute atomic E-state index is 12.7. The quantitative estimate of drug-likeness (QED) is 0.857. The average molecular weight is 271 g/mol. The number of rotatable bonds is 5. The zero-order valence-corrected chi connectivity index (χ0v) is 11.3. The van der Waals surface area contributed by atoms with Gasteiger partial charge in [-0.15, -0.1) is 0 Å². The van der Waals surface area contributed by atoms with Gasteiger partial charge in [0.25, 0.3) is 0 Å². The van der Waals surface area contributed by atoms with Gasteiger partial charge in [-0.25, -0.2) is 0 Å².